The molecule has 1 aliphatic rings. The van der Waals surface area contributed by atoms with Crippen LogP contribution in [0.1, 0.15) is 23.6 Å². The van der Waals surface area contributed by atoms with E-state index in [9.17, 15) is 18.0 Å². The van der Waals surface area contributed by atoms with Gasteiger partial charge in [0.15, 0.2) is 11.0 Å². The summed E-state index contributed by atoms with van der Waals surface area (Å²) in [7, 11) is 0. The minimum Gasteiger partial charge on any atom is -0.406 e. The normalized spacial score (nSPS) is 15.0. The van der Waals surface area contributed by atoms with Crippen molar-refractivity contribution in [3.63, 3.8) is 0 Å². The van der Waals surface area contributed by atoms with Crippen molar-refractivity contribution in [2.75, 3.05) is 10.7 Å². The lowest BCUT2D eigenvalue weighted by atomic mass is 10.0. The summed E-state index contributed by atoms with van der Waals surface area (Å²) in [6, 6.07) is 18.7. The molecule has 1 aromatic heterocycles. The second kappa shape index (κ2) is 11.3. The van der Waals surface area contributed by atoms with Crippen LogP contribution in [0.2, 0.25) is 0 Å². The van der Waals surface area contributed by atoms with Gasteiger partial charge in [0, 0.05) is 5.56 Å². The highest BCUT2D eigenvalue weighted by Gasteiger charge is 2.32. The molecule has 0 N–H and O–H groups in total. The summed E-state index contributed by atoms with van der Waals surface area (Å²) in [4.78, 5) is 18.6. The summed E-state index contributed by atoms with van der Waals surface area (Å²) < 4.78 is 42.5. The van der Waals surface area contributed by atoms with E-state index in [1.54, 1.807) is 11.1 Å². The Bertz CT molecular complexity index is 1580. The number of ether oxygens (including phenoxy) is 1. The van der Waals surface area contributed by atoms with Crippen LogP contribution < -0.4 is 9.64 Å². The number of alkyl halides is 3. The van der Waals surface area contributed by atoms with Crippen molar-refractivity contribution >= 4 is 34.7 Å². The van der Waals surface area contributed by atoms with Gasteiger partial charge in [0.1, 0.15) is 12.1 Å². The van der Waals surface area contributed by atoms with Gasteiger partial charge in [0.25, 0.3) is 0 Å². The second-order valence-corrected chi connectivity index (χ2v) is 9.70. The van der Waals surface area contributed by atoms with Gasteiger partial charge >= 0.3 is 6.36 Å². The summed E-state index contributed by atoms with van der Waals surface area (Å²) >= 11 is 1.36. The summed E-state index contributed by atoms with van der Waals surface area (Å²) in [6.45, 7) is 4.03. The largest absolute Gasteiger partial charge is 0.573 e. The monoisotopic (exact) mass is 564 g/mol. The van der Waals surface area contributed by atoms with E-state index in [-0.39, 0.29) is 11.7 Å². The number of nitrogens with zero attached hydrogens (tertiary/aromatic N) is 6. The van der Waals surface area contributed by atoms with Crippen molar-refractivity contribution in [3.8, 4) is 22.8 Å². The fraction of sp³-hybridized carbons (Fsp3) is 0.179. The Balaban J connectivity index is 1.28. The van der Waals surface area contributed by atoms with Crippen LogP contribution in [0.15, 0.2) is 83.3 Å². The van der Waals surface area contributed by atoms with Crippen molar-refractivity contribution in [1.82, 2.24) is 14.8 Å². The number of benzene rings is 3. The van der Waals surface area contributed by atoms with Crippen molar-refractivity contribution in [2.45, 2.75) is 26.6 Å². The van der Waals surface area contributed by atoms with Crippen LogP contribution in [0.4, 0.5) is 18.9 Å². The lowest BCUT2D eigenvalue weighted by Gasteiger charge is -2.21. The van der Waals surface area contributed by atoms with Crippen LogP contribution in [0.3, 0.4) is 0 Å². The predicted molar refractivity (Wildman–Crippen MR) is 149 cm³/mol. The minimum atomic E-state index is -4.75. The molecule has 1 amide bonds. The topological polar surface area (TPSA) is 85.0 Å². The van der Waals surface area contributed by atoms with Crippen molar-refractivity contribution in [2.24, 2.45) is 10.2 Å². The van der Waals surface area contributed by atoms with E-state index in [1.165, 1.54) is 47.0 Å². The molecule has 0 saturated carbocycles. The lowest BCUT2D eigenvalue weighted by molar-refractivity contribution is -0.274. The van der Waals surface area contributed by atoms with E-state index >= 15 is 0 Å². The summed E-state index contributed by atoms with van der Waals surface area (Å²) in [6.07, 6.45) is -0.871. The number of carbonyl (C=O) groups is 1. The lowest BCUT2D eigenvalue weighted by Crippen LogP contribution is -2.30. The maximum Gasteiger partial charge on any atom is 0.573 e. The molecule has 0 atom stereocenters. The molecule has 40 heavy (non-hydrogen) atoms. The number of anilines is 1. The number of carbonyl (C=O) groups excluding carboxylic acids is 1. The third kappa shape index (κ3) is 6.07. The number of amides is 1. The van der Waals surface area contributed by atoms with Gasteiger partial charge in [-0.1, -0.05) is 61.2 Å². The highest BCUT2D eigenvalue weighted by molar-refractivity contribution is 8.15. The fourth-order valence-corrected chi connectivity index (χ4v) is 4.97. The SMILES string of the molecule is CCc1cccc(C)c1N1C(=O)CS/C1=N\N=C\c1ccc(-c2ncn(-c3ccc(OC(F)(F)F)cc3)n2)cc1. The highest BCUT2D eigenvalue weighted by Crippen LogP contribution is 2.33. The van der Waals surface area contributed by atoms with Crippen LogP contribution in [0.5, 0.6) is 5.75 Å². The van der Waals surface area contributed by atoms with Gasteiger partial charge in [0.2, 0.25) is 5.91 Å². The van der Waals surface area contributed by atoms with E-state index in [2.05, 4.69) is 31.9 Å². The van der Waals surface area contributed by atoms with Crippen molar-refractivity contribution in [3.05, 3.63) is 89.7 Å². The molecule has 8 nitrogen and oxygen atoms in total. The Morgan fingerprint density at radius 3 is 2.52 bits per heavy atom. The van der Waals surface area contributed by atoms with Gasteiger partial charge < -0.3 is 4.74 Å². The molecule has 12 heteroatoms. The first-order chi connectivity index (χ1) is 19.2. The number of thioether (sulfide) groups is 1. The number of amidine groups is 1. The number of rotatable bonds is 7. The molecular formula is C28H23F3N6O2S. The van der Waals surface area contributed by atoms with Crippen molar-refractivity contribution in [1.29, 1.82) is 0 Å². The highest BCUT2D eigenvalue weighted by atomic mass is 32.2. The number of para-hydroxylation sites is 1. The first kappa shape index (κ1) is 27.1. The van der Waals surface area contributed by atoms with Crippen LogP contribution in [0, 0.1) is 6.92 Å². The second-order valence-electron chi connectivity index (χ2n) is 8.76. The molecule has 5 rings (SSSR count). The third-order valence-corrected chi connectivity index (χ3v) is 6.95. The molecular weight excluding hydrogens is 541 g/mol. The number of hydrogen-bond donors (Lipinski definition) is 0. The van der Waals surface area contributed by atoms with E-state index in [4.69, 9.17) is 0 Å². The molecule has 0 radical (unpaired) electrons. The Morgan fingerprint density at radius 1 is 1.07 bits per heavy atom. The standard InChI is InChI=1S/C28H23F3N6O2S/c1-3-20-6-4-5-18(2)25(20)37-24(38)16-40-27(37)34-33-15-19-7-9-21(10-8-19)26-32-17-36(35-26)22-11-13-23(14-12-22)39-28(29,30)31/h4-15,17H,3,16H2,1-2H3/b33-15+,34-27-. The smallest absolute Gasteiger partial charge is 0.406 e. The zero-order chi connectivity index (χ0) is 28.3. The quantitative estimate of drug-likeness (QED) is 0.198. The van der Waals surface area contributed by atoms with Crippen LogP contribution >= 0.6 is 11.8 Å². The first-order valence-corrected chi connectivity index (χ1v) is 13.2. The van der Waals surface area contributed by atoms with Crippen LogP contribution in [-0.4, -0.2) is 44.2 Å². The van der Waals surface area contributed by atoms with E-state index < -0.39 is 6.36 Å². The molecule has 0 aliphatic carbocycles. The zero-order valence-electron chi connectivity index (χ0n) is 21.5. The molecule has 1 aliphatic heterocycles. The molecule has 1 fully saturated rings. The maximum atomic E-state index is 12.7. The van der Waals surface area contributed by atoms with Gasteiger partial charge in [0.05, 0.1) is 23.3 Å². The first-order valence-electron chi connectivity index (χ1n) is 12.3. The third-order valence-electron chi connectivity index (χ3n) is 6.04. The molecule has 0 bridgehead atoms. The number of aryl methyl sites for hydroxylation is 2. The molecule has 3 aromatic carbocycles. The molecule has 0 spiro atoms. The maximum absolute atomic E-state index is 12.7. The van der Waals surface area contributed by atoms with E-state index in [0.717, 1.165) is 34.4 Å². The number of hydrogen-bond acceptors (Lipinski definition) is 7. The fourth-order valence-electron chi connectivity index (χ4n) is 4.16. The molecule has 204 valence electrons. The van der Waals surface area contributed by atoms with Crippen LogP contribution in [-0.2, 0) is 11.2 Å². The van der Waals surface area contributed by atoms with Gasteiger partial charge in [-0.15, -0.1) is 23.4 Å². The summed E-state index contributed by atoms with van der Waals surface area (Å²) in [5.41, 5.74) is 5.02. The van der Waals surface area contributed by atoms with E-state index in [1.807, 2.05) is 49.4 Å². The van der Waals surface area contributed by atoms with Crippen LogP contribution in [0.25, 0.3) is 17.1 Å². The van der Waals surface area contributed by atoms with Gasteiger partial charge in [-0.05, 0) is 54.3 Å². The Hall–Kier alpha value is -4.45. The van der Waals surface area contributed by atoms with Gasteiger partial charge in [-0.3, -0.25) is 9.69 Å². The number of aromatic nitrogens is 3. The molecule has 4 aromatic rings. The van der Waals surface area contributed by atoms with E-state index in [0.29, 0.717) is 22.4 Å². The summed E-state index contributed by atoms with van der Waals surface area (Å²) in [5, 5.41) is 13.5. The Labute approximate surface area is 232 Å². The Morgan fingerprint density at radius 2 is 1.82 bits per heavy atom. The summed E-state index contributed by atoms with van der Waals surface area (Å²) in [5.74, 6) is 0.419. The average Bonchev–Trinajstić information content (AvgIpc) is 3.56. The molecule has 0 unspecified atom stereocenters. The van der Waals surface area contributed by atoms with Gasteiger partial charge in [-0.2, -0.15) is 5.10 Å². The van der Waals surface area contributed by atoms with Gasteiger partial charge in [-0.25, -0.2) is 9.67 Å². The predicted octanol–water partition coefficient (Wildman–Crippen LogP) is 6.17. The number of halogens is 3. The minimum absolute atomic E-state index is 0.0233. The van der Waals surface area contributed by atoms with Crippen molar-refractivity contribution < 1.29 is 22.7 Å². The molecule has 2 heterocycles. The average molecular weight is 565 g/mol. The Kier molecular flexibility index (Phi) is 7.69. The molecule has 1 saturated heterocycles. The zero-order valence-corrected chi connectivity index (χ0v) is 22.3.